The molecule has 1 N–H and O–H groups in total. The molecular weight excluding hydrogens is 246 g/mol. The lowest BCUT2D eigenvalue weighted by atomic mass is 10.1. The van der Waals surface area contributed by atoms with Gasteiger partial charge in [0.25, 0.3) is 0 Å². The quantitative estimate of drug-likeness (QED) is 0.780. The van der Waals surface area contributed by atoms with Gasteiger partial charge in [-0.15, -0.1) is 0 Å². The van der Waals surface area contributed by atoms with E-state index >= 15 is 0 Å². The molecule has 0 amide bonds. The highest BCUT2D eigenvalue weighted by Crippen LogP contribution is 2.38. The van der Waals surface area contributed by atoms with Gasteiger partial charge in [0, 0.05) is 19.7 Å². The maximum Gasteiger partial charge on any atom is 0.203 e. The Morgan fingerprint density at radius 1 is 1.00 bits per heavy atom. The van der Waals surface area contributed by atoms with Crippen molar-refractivity contribution >= 4 is 0 Å². The second-order valence-corrected chi connectivity index (χ2v) is 4.27. The summed E-state index contributed by atoms with van der Waals surface area (Å²) in [6, 6.07) is 4.16. The first-order valence-electron chi connectivity index (χ1n) is 6.17. The van der Waals surface area contributed by atoms with Crippen LogP contribution in [0.3, 0.4) is 0 Å². The second-order valence-electron chi connectivity index (χ2n) is 4.27. The topological polar surface area (TPSA) is 49.0 Å². The normalized spacial score (nSPS) is 12.1. The van der Waals surface area contributed by atoms with Crippen molar-refractivity contribution in [1.29, 1.82) is 0 Å². The van der Waals surface area contributed by atoms with Crippen molar-refractivity contribution in [3.8, 4) is 17.2 Å². The van der Waals surface area contributed by atoms with Crippen molar-refractivity contribution in [1.82, 2.24) is 5.32 Å². The third-order valence-electron chi connectivity index (χ3n) is 2.80. The molecule has 0 spiro atoms. The lowest BCUT2D eigenvalue weighted by molar-refractivity contribution is 0.171. The van der Waals surface area contributed by atoms with Crippen LogP contribution in [0.1, 0.15) is 12.5 Å². The Labute approximate surface area is 114 Å². The van der Waals surface area contributed by atoms with E-state index in [-0.39, 0.29) is 6.04 Å². The van der Waals surface area contributed by atoms with E-state index in [0.717, 1.165) is 5.56 Å². The molecule has 108 valence electrons. The lowest BCUT2D eigenvalue weighted by Gasteiger charge is -2.16. The van der Waals surface area contributed by atoms with Gasteiger partial charge in [-0.2, -0.15) is 0 Å². The zero-order valence-corrected chi connectivity index (χ0v) is 12.3. The number of nitrogens with one attached hydrogen (secondary N) is 1. The molecule has 1 unspecified atom stereocenters. The molecule has 1 aromatic rings. The summed E-state index contributed by atoms with van der Waals surface area (Å²) in [5, 5.41) is 3.36. The van der Waals surface area contributed by atoms with Crippen molar-refractivity contribution < 1.29 is 18.9 Å². The smallest absolute Gasteiger partial charge is 0.203 e. The van der Waals surface area contributed by atoms with Gasteiger partial charge in [0.1, 0.15) is 0 Å². The average molecular weight is 269 g/mol. The summed E-state index contributed by atoms with van der Waals surface area (Å²) in [5.41, 5.74) is 1.07. The molecule has 19 heavy (non-hydrogen) atoms. The molecule has 0 aliphatic rings. The van der Waals surface area contributed by atoms with Gasteiger partial charge in [0.05, 0.1) is 27.9 Å². The van der Waals surface area contributed by atoms with Gasteiger partial charge < -0.3 is 24.3 Å². The fourth-order valence-corrected chi connectivity index (χ4v) is 1.84. The summed E-state index contributed by atoms with van der Waals surface area (Å²) >= 11 is 0. The first-order chi connectivity index (χ1) is 9.15. The van der Waals surface area contributed by atoms with Crippen LogP contribution in [-0.2, 0) is 11.3 Å². The fourth-order valence-electron chi connectivity index (χ4n) is 1.84. The zero-order chi connectivity index (χ0) is 14.3. The number of hydrogen-bond donors (Lipinski definition) is 1. The number of benzene rings is 1. The SMILES string of the molecule is COCC(C)NCc1cc(OC)c(OC)c(OC)c1. The zero-order valence-electron chi connectivity index (χ0n) is 12.3. The number of ether oxygens (including phenoxy) is 4. The fraction of sp³-hybridized carbons (Fsp3) is 0.571. The van der Waals surface area contributed by atoms with Gasteiger partial charge in [0.2, 0.25) is 5.75 Å². The van der Waals surface area contributed by atoms with Gasteiger partial charge in [-0.3, -0.25) is 0 Å². The summed E-state index contributed by atoms with van der Waals surface area (Å²) in [4.78, 5) is 0. The van der Waals surface area contributed by atoms with Crippen LogP contribution in [-0.4, -0.2) is 41.1 Å². The van der Waals surface area contributed by atoms with E-state index in [1.807, 2.05) is 12.1 Å². The Morgan fingerprint density at radius 2 is 1.58 bits per heavy atom. The van der Waals surface area contributed by atoms with Crippen LogP contribution in [0.15, 0.2) is 12.1 Å². The van der Waals surface area contributed by atoms with E-state index in [4.69, 9.17) is 18.9 Å². The summed E-state index contributed by atoms with van der Waals surface area (Å²) in [7, 11) is 6.51. The van der Waals surface area contributed by atoms with Crippen molar-refractivity contribution in [3.05, 3.63) is 17.7 Å². The van der Waals surface area contributed by atoms with Crippen molar-refractivity contribution in [2.24, 2.45) is 0 Å². The largest absolute Gasteiger partial charge is 0.493 e. The maximum atomic E-state index is 5.32. The van der Waals surface area contributed by atoms with Crippen LogP contribution in [0.4, 0.5) is 0 Å². The Kier molecular flexibility index (Phi) is 6.45. The molecule has 1 rings (SSSR count). The number of methoxy groups -OCH3 is 4. The van der Waals surface area contributed by atoms with Crippen LogP contribution in [0.5, 0.6) is 17.2 Å². The molecule has 0 aliphatic carbocycles. The van der Waals surface area contributed by atoms with E-state index in [1.54, 1.807) is 28.4 Å². The third-order valence-corrected chi connectivity index (χ3v) is 2.80. The Bertz CT molecular complexity index is 370. The maximum absolute atomic E-state index is 5.32. The lowest BCUT2D eigenvalue weighted by Crippen LogP contribution is -2.29. The molecule has 5 heteroatoms. The summed E-state index contributed by atoms with van der Waals surface area (Å²) in [6.45, 7) is 3.45. The van der Waals surface area contributed by atoms with Crippen LogP contribution in [0.2, 0.25) is 0 Å². The minimum absolute atomic E-state index is 0.282. The van der Waals surface area contributed by atoms with Gasteiger partial charge in [-0.1, -0.05) is 0 Å². The minimum Gasteiger partial charge on any atom is -0.493 e. The molecule has 0 aromatic heterocycles. The minimum atomic E-state index is 0.282. The Balaban J connectivity index is 2.84. The molecule has 1 atom stereocenters. The summed E-state index contributed by atoms with van der Waals surface area (Å²) in [6.07, 6.45) is 0. The highest BCUT2D eigenvalue weighted by molar-refractivity contribution is 5.53. The van der Waals surface area contributed by atoms with Crippen LogP contribution >= 0.6 is 0 Å². The molecule has 0 aliphatic heterocycles. The van der Waals surface area contributed by atoms with E-state index in [1.165, 1.54) is 0 Å². The van der Waals surface area contributed by atoms with Gasteiger partial charge >= 0.3 is 0 Å². The average Bonchev–Trinajstić information content (AvgIpc) is 2.44. The van der Waals surface area contributed by atoms with Gasteiger partial charge in [0.15, 0.2) is 11.5 Å². The molecule has 0 saturated carbocycles. The van der Waals surface area contributed by atoms with Crippen molar-refractivity contribution in [2.75, 3.05) is 35.0 Å². The predicted molar refractivity (Wildman–Crippen MR) is 74.3 cm³/mol. The number of rotatable bonds is 8. The molecule has 0 fully saturated rings. The Hall–Kier alpha value is -1.46. The molecule has 0 heterocycles. The van der Waals surface area contributed by atoms with Crippen LogP contribution in [0, 0.1) is 0 Å². The van der Waals surface area contributed by atoms with Gasteiger partial charge in [-0.25, -0.2) is 0 Å². The third kappa shape index (κ3) is 4.29. The molecule has 0 bridgehead atoms. The standard InChI is InChI=1S/C14H23NO4/c1-10(9-16-2)15-8-11-6-12(17-3)14(19-5)13(7-11)18-4/h6-7,10,15H,8-9H2,1-5H3. The van der Waals surface area contributed by atoms with E-state index in [2.05, 4.69) is 12.2 Å². The van der Waals surface area contributed by atoms with E-state index < -0.39 is 0 Å². The van der Waals surface area contributed by atoms with Crippen LogP contribution < -0.4 is 19.5 Å². The molecular formula is C14H23NO4. The molecule has 0 saturated heterocycles. The molecule has 5 nitrogen and oxygen atoms in total. The predicted octanol–water partition coefficient (Wildman–Crippen LogP) is 1.84. The first kappa shape index (κ1) is 15.6. The van der Waals surface area contributed by atoms with Crippen molar-refractivity contribution in [3.63, 3.8) is 0 Å². The summed E-state index contributed by atoms with van der Waals surface area (Å²) < 4.78 is 21.0. The second kappa shape index (κ2) is 7.86. The van der Waals surface area contributed by atoms with Gasteiger partial charge in [-0.05, 0) is 24.6 Å². The Morgan fingerprint density at radius 3 is 2.00 bits per heavy atom. The molecule has 1 aromatic carbocycles. The highest BCUT2D eigenvalue weighted by atomic mass is 16.5. The monoisotopic (exact) mass is 269 g/mol. The summed E-state index contributed by atoms with van der Waals surface area (Å²) in [5.74, 6) is 1.94. The number of hydrogen-bond acceptors (Lipinski definition) is 5. The van der Waals surface area contributed by atoms with E-state index in [9.17, 15) is 0 Å². The highest BCUT2D eigenvalue weighted by Gasteiger charge is 2.13. The van der Waals surface area contributed by atoms with E-state index in [0.29, 0.717) is 30.4 Å². The van der Waals surface area contributed by atoms with Crippen LogP contribution in [0.25, 0.3) is 0 Å². The molecule has 0 radical (unpaired) electrons. The van der Waals surface area contributed by atoms with Crippen molar-refractivity contribution in [2.45, 2.75) is 19.5 Å². The first-order valence-corrected chi connectivity index (χ1v) is 6.17.